The second-order valence-corrected chi connectivity index (χ2v) is 8.69. The lowest BCUT2D eigenvalue weighted by Crippen LogP contribution is -2.40. The zero-order chi connectivity index (χ0) is 23.3. The first-order valence-electron chi connectivity index (χ1n) is 11.2. The van der Waals surface area contributed by atoms with Crippen molar-refractivity contribution in [1.82, 2.24) is 0 Å². The molecular weight excluding hydrogens is 428 g/mol. The summed E-state index contributed by atoms with van der Waals surface area (Å²) in [5, 5.41) is 13.0. The molecule has 2 fully saturated rings. The Bertz CT molecular complexity index is 1010. The molecule has 174 valence electrons. The highest BCUT2D eigenvalue weighted by Gasteiger charge is 2.58. The van der Waals surface area contributed by atoms with E-state index in [1.54, 1.807) is 6.21 Å². The molecule has 2 unspecified atom stereocenters. The topological polar surface area (TPSA) is 68.1 Å². The molecule has 1 saturated carbocycles. The Morgan fingerprint density at radius 2 is 1.82 bits per heavy atom. The van der Waals surface area contributed by atoms with Crippen molar-refractivity contribution in [3.05, 3.63) is 77.9 Å². The molecule has 2 aromatic carbocycles. The Hall–Kier alpha value is -3.06. The van der Waals surface area contributed by atoms with Crippen LogP contribution >= 0.6 is 0 Å². The number of aliphatic carboxylic acids is 1. The van der Waals surface area contributed by atoms with Gasteiger partial charge in [0, 0.05) is 17.8 Å². The first-order chi connectivity index (χ1) is 16.0. The van der Waals surface area contributed by atoms with E-state index in [0.717, 1.165) is 18.4 Å². The minimum absolute atomic E-state index is 0.00655. The molecule has 4 rings (SSSR count). The first-order valence-corrected chi connectivity index (χ1v) is 11.2. The van der Waals surface area contributed by atoms with Crippen LogP contribution in [0.4, 0.5) is 8.78 Å². The number of allylic oxidation sites excluding steroid dienone is 2. The van der Waals surface area contributed by atoms with E-state index in [1.165, 1.54) is 36.4 Å². The number of carboxylic acid groups (broad SMARTS) is 1. The number of oxime groups is 1. The molecule has 0 radical (unpaired) electrons. The van der Waals surface area contributed by atoms with Crippen LogP contribution in [-0.4, -0.2) is 30.0 Å². The van der Waals surface area contributed by atoms with Gasteiger partial charge in [-0.15, -0.1) is 0 Å². The summed E-state index contributed by atoms with van der Waals surface area (Å²) in [6.45, 7) is 0.560. The molecule has 2 aromatic rings. The maximum Gasteiger partial charge on any atom is 0.303 e. The van der Waals surface area contributed by atoms with E-state index in [9.17, 15) is 13.6 Å². The summed E-state index contributed by atoms with van der Waals surface area (Å²) in [6.07, 6.45) is 8.89. The van der Waals surface area contributed by atoms with E-state index in [4.69, 9.17) is 14.7 Å². The van der Waals surface area contributed by atoms with Gasteiger partial charge in [-0.2, -0.15) is 0 Å². The van der Waals surface area contributed by atoms with Gasteiger partial charge in [0.25, 0.3) is 0 Å². The number of ether oxygens (including phenoxy) is 1. The fourth-order valence-electron chi connectivity index (χ4n) is 5.03. The van der Waals surface area contributed by atoms with Gasteiger partial charge in [-0.05, 0) is 73.6 Å². The third-order valence-electron chi connectivity index (χ3n) is 6.67. The van der Waals surface area contributed by atoms with E-state index in [2.05, 4.69) is 11.2 Å². The third-order valence-corrected chi connectivity index (χ3v) is 6.67. The summed E-state index contributed by atoms with van der Waals surface area (Å²) in [5.41, 5.74) is 0.794. The van der Waals surface area contributed by atoms with Crippen LogP contribution in [0, 0.1) is 23.5 Å². The number of rotatable bonds is 10. The van der Waals surface area contributed by atoms with Crippen molar-refractivity contribution in [3.63, 3.8) is 0 Å². The number of hydrogen-bond donors (Lipinski definition) is 1. The number of fused-ring (bicyclic) bond motifs is 2. The highest BCUT2D eigenvalue weighted by molar-refractivity contribution is 5.66. The van der Waals surface area contributed by atoms with Crippen LogP contribution in [0.3, 0.4) is 0 Å². The molecule has 1 saturated heterocycles. The Balaban J connectivity index is 1.51. The van der Waals surface area contributed by atoms with Crippen molar-refractivity contribution in [2.45, 2.75) is 43.6 Å². The zero-order valence-electron chi connectivity index (χ0n) is 18.2. The molecule has 1 aliphatic heterocycles. The number of benzene rings is 2. The molecule has 4 atom stereocenters. The Kier molecular flexibility index (Phi) is 7.18. The van der Waals surface area contributed by atoms with Gasteiger partial charge in [0.05, 0.1) is 18.9 Å². The van der Waals surface area contributed by atoms with Crippen LogP contribution in [0.5, 0.6) is 5.75 Å². The summed E-state index contributed by atoms with van der Waals surface area (Å²) < 4.78 is 32.8. The summed E-state index contributed by atoms with van der Waals surface area (Å²) in [5.74, 6) is -0.805. The van der Waals surface area contributed by atoms with Crippen LogP contribution in [0.25, 0.3) is 0 Å². The number of carboxylic acids is 1. The average molecular weight is 456 g/mol. The second-order valence-electron chi connectivity index (χ2n) is 8.69. The van der Waals surface area contributed by atoms with Crippen LogP contribution in [0.2, 0.25) is 0 Å². The van der Waals surface area contributed by atoms with Gasteiger partial charge in [-0.3, -0.25) is 4.79 Å². The van der Waals surface area contributed by atoms with Gasteiger partial charge in [-0.1, -0.05) is 29.4 Å². The predicted octanol–water partition coefficient (Wildman–Crippen LogP) is 5.50. The van der Waals surface area contributed by atoms with Crippen molar-refractivity contribution in [1.29, 1.82) is 0 Å². The van der Waals surface area contributed by atoms with Crippen LogP contribution in [0.1, 0.15) is 37.7 Å². The van der Waals surface area contributed by atoms with E-state index < -0.39 is 5.97 Å². The maximum atomic E-state index is 13.6. The van der Waals surface area contributed by atoms with Gasteiger partial charge in [0.1, 0.15) is 11.6 Å². The normalized spacial score (nSPS) is 26.4. The van der Waals surface area contributed by atoms with Gasteiger partial charge >= 0.3 is 5.97 Å². The molecule has 5 nitrogen and oxygen atoms in total. The first kappa shape index (κ1) is 23.1. The molecule has 1 N–H and O–H groups in total. The van der Waals surface area contributed by atoms with Crippen molar-refractivity contribution in [2.75, 3.05) is 6.61 Å². The largest absolute Gasteiger partial charge is 0.481 e. The number of nitrogens with zero attached hydrogens (tertiary/aromatic N) is 1. The highest BCUT2D eigenvalue weighted by atomic mass is 19.1. The fourth-order valence-corrected chi connectivity index (χ4v) is 5.03. The summed E-state index contributed by atoms with van der Waals surface area (Å²) in [4.78, 5) is 16.1. The monoisotopic (exact) mass is 455 g/mol. The molecular formula is C26H27F2NO4. The molecule has 0 aromatic heterocycles. The fraction of sp³-hybridized carbons (Fsp3) is 0.385. The summed E-state index contributed by atoms with van der Waals surface area (Å²) in [7, 11) is 0. The SMILES string of the molecule is O=C(O)CCC/C=C/C[C@H]1[C@H](/C=N/Oc2ccc(F)cc2)C2CC1(c1ccc(F)cc1)CO2. The van der Waals surface area contributed by atoms with Gasteiger partial charge in [0.2, 0.25) is 0 Å². The number of halogens is 2. The van der Waals surface area contributed by atoms with Crippen molar-refractivity contribution in [3.8, 4) is 5.75 Å². The number of carbonyl (C=O) groups is 1. The van der Waals surface area contributed by atoms with Gasteiger partial charge in [0.15, 0.2) is 5.75 Å². The molecule has 2 aliphatic rings. The minimum atomic E-state index is -0.790. The lowest BCUT2D eigenvalue weighted by Gasteiger charge is -2.37. The van der Waals surface area contributed by atoms with E-state index in [-0.39, 0.29) is 41.4 Å². The van der Waals surface area contributed by atoms with Crippen molar-refractivity contribution < 1.29 is 28.3 Å². The molecule has 0 amide bonds. The van der Waals surface area contributed by atoms with E-state index >= 15 is 0 Å². The lowest BCUT2D eigenvalue weighted by atomic mass is 9.69. The van der Waals surface area contributed by atoms with Gasteiger partial charge < -0.3 is 14.7 Å². The van der Waals surface area contributed by atoms with Crippen molar-refractivity contribution in [2.24, 2.45) is 17.0 Å². The van der Waals surface area contributed by atoms with E-state index in [1.807, 2.05) is 18.2 Å². The highest BCUT2D eigenvalue weighted by Crippen LogP contribution is 2.56. The second kappa shape index (κ2) is 10.3. The minimum Gasteiger partial charge on any atom is -0.481 e. The van der Waals surface area contributed by atoms with E-state index in [0.29, 0.717) is 25.2 Å². The molecule has 1 aliphatic carbocycles. The molecule has 33 heavy (non-hydrogen) atoms. The Labute approximate surface area is 191 Å². The predicted molar refractivity (Wildman–Crippen MR) is 120 cm³/mol. The smallest absolute Gasteiger partial charge is 0.303 e. The average Bonchev–Trinajstić information content (AvgIpc) is 3.36. The van der Waals surface area contributed by atoms with Crippen LogP contribution < -0.4 is 4.84 Å². The lowest BCUT2D eigenvalue weighted by molar-refractivity contribution is -0.137. The van der Waals surface area contributed by atoms with Gasteiger partial charge in [-0.25, -0.2) is 8.78 Å². The molecule has 2 bridgehead atoms. The third kappa shape index (κ3) is 5.30. The Morgan fingerprint density at radius 1 is 1.12 bits per heavy atom. The number of unbranched alkanes of at least 4 members (excludes halogenated alkanes) is 1. The van der Waals surface area contributed by atoms with Crippen LogP contribution in [-0.2, 0) is 14.9 Å². The van der Waals surface area contributed by atoms with Crippen LogP contribution in [0.15, 0.2) is 65.8 Å². The quantitative estimate of drug-likeness (QED) is 0.222. The molecule has 7 heteroatoms. The Morgan fingerprint density at radius 3 is 2.52 bits per heavy atom. The van der Waals surface area contributed by atoms with Crippen molar-refractivity contribution >= 4 is 12.2 Å². The zero-order valence-corrected chi connectivity index (χ0v) is 18.2. The molecule has 0 spiro atoms. The molecule has 1 heterocycles. The maximum absolute atomic E-state index is 13.6. The standard InChI is InChI=1S/C26H27F2NO4/c27-19-9-7-18(8-10-19)26-15-24(32-17-26)22(16-29-33-21-13-11-20(28)12-14-21)23(26)5-3-1-2-4-6-25(30)31/h1,3,7-14,16,22-24H,2,4-6,15,17H2,(H,30,31)/b3-1+,29-16+/t22-,23-,24?,26?/m0/s1. The summed E-state index contributed by atoms with van der Waals surface area (Å²) in [6, 6.07) is 12.3. The number of hydrogen-bond acceptors (Lipinski definition) is 4. The summed E-state index contributed by atoms with van der Waals surface area (Å²) >= 11 is 0.